The number of halogens is 1. The zero-order valence-electron chi connectivity index (χ0n) is 17.3. The van der Waals surface area contributed by atoms with Crippen LogP contribution in [0.2, 0.25) is 0 Å². The van der Waals surface area contributed by atoms with E-state index in [-0.39, 0.29) is 17.6 Å². The number of benzene rings is 1. The van der Waals surface area contributed by atoms with Crippen molar-refractivity contribution >= 4 is 11.8 Å². The molecule has 0 radical (unpaired) electrons. The van der Waals surface area contributed by atoms with E-state index in [2.05, 4.69) is 10.2 Å². The molecule has 4 rings (SSSR count). The molecule has 29 heavy (non-hydrogen) atoms. The number of likely N-dealkylation sites (tertiary alicyclic amines) is 2. The van der Waals surface area contributed by atoms with Gasteiger partial charge >= 0.3 is 0 Å². The number of hydrogen-bond donors (Lipinski definition) is 1. The van der Waals surface area contributed by atoms with Gasteiger partial charge in [0.1, 0.15) is 5.82 Å². The number of nitrogens with one attached hydrogen (secondary N) is 1. The molecule has 1 aromatic carbocycles. The second-order valence-electron chi connectivity index (χ2n) is 8.97. The molecule has 5 nitrogen and oxygen atoms in total. The lowest BCUT2D eigenvalue weighted by Gasteiger charge is -2.42. The van der Waals surface area contributed by atoms with E-state index in [1.165, 1.54) is 6.07 Å². The molecule has 2 amide bonds. The fourth-order valence-electron chi connectivity index (χ4n) is 4.67. The average Bonchev–Trinajstić information content (AvgIpc) is 3.59. The Morgan fingerprint density at radius 3 is 2.52 bits per heavy atom. The van der Waals surface area contributed by atoms with Gasteiger partial charge in [-0.3, -0.25) is 14.5 Å². The third-order valence-electron chi connectivity index (χ3n) is 6.75. The van der Waals surface area contributed by atoms with E-state index in [0.29, 0.717) is 30.0 Å². The first-order valence-corrected chi connectivity index (χ1v) is 11.1. The minimum Gasteiger partial charge on any atom is -0.352 e. The van der Waals surface area contributed by atoms with Crippen LogP contribution in [0.3, 0.4) is 0 Å². The van der Waals surface area contributed by atoms with Crippen molar-refractivity contribution in [3.8, 4) is 0 Å². The normalized spacial score (nSPS) is 23.8. The fourth-order valence-corrected chi connectivity index (χ4v) is 4.67. The van der Waals surface area contributed by atoms with Crippen LogP contribution in [-0.2, 0) is 16.1 Å². The minimum absolute atomic E-state index is 0.00910. The number of piperidine rings is 2. The molecule has 2 saturated heterocycles. The zero-order chi connectivity index (χ0) is 20.4. The summed E-state index contributed by atoms with van der Waals surface area (Å²) in [5.74, 6) is 0.484. The van der Waals surface area contributed by atoms with Gasteiger partial charge in [0.25, 0.3) is 0 Å². The minimum atomic E-state index is -0.230. The van der Waals surface area contributed by atoms with E-state index in [4.69, 9.17) is 0 Å². The molecule has 0 aromatic heterocycles. The second kappa shape index (κ2) is 8.82. The molecule has 1 N–H and O–H groups in total. The summed E-state index contributed by atoms with van der Waals surface area (Å²) in [5.41, 5.74) is 1.41. The molecular weight excluding hydrogens is 369 g/mol. The smallest absolute Gasteiger partial charge is 0.225 e. The summed E-state index contributed by atoms with van der Waals surface area (Å²) in [6.45, 7) is 5.64. The van der Waals surface area contributed by atoms with Crippen molar-refractivity contribution < 1.29 is 14.0 Å². The van der Waals surface area contributed by atoms with Crippen LogP contribution in [0.1, 0.15) is 49.7 Å². The Balaban J connectivity index is 1.25. The van der Waals surface area contributed by atoms with E-state index in [9.17, 15) is 14.0 Å². The highest BCUT2D eigenvalue weighted by molar-refractivity contribution is 5.81. The summed E-state index contributed by atoms with van der Waals surface area (Å²) < 4.78 is 13.7. The lowest BCUT2D eigenvalue weighted by molar-refractivity contribution is -0.134. The van der Waals surface area contributed by atoms with E-state index in [1.54, 1.807) is 13.0 Å². The van der Waals surface area contributed by atoms with E-state index < -0.39 is 0 Å². The van der Waals surface area contributed by atoms with Crippen LogP contribution in [-0.4, -0.2) is 53.8 Å². The Morgan fingerprint density at radius 2 is 1.83 bits per heavy atom. The molecule has 1 aromatic rings. The van der Waals surface area contributed by atoms with Gasteiger partial charge in [0.15, 0.2) is 0 Å². The molecule has 2 heterocycles. The molecule has 3 fully saturated rings. The van der Waals surface area contributed by atoms with Gasteiger partial charge in [-0.1, -0.05) is 12.1 Å². The van der Waals surface area contributed by atoms with E-state index in [1.807, 2.05) is 11.0 Å². The Kier molecular flexibility index (Phi) is 6.18. The summed E-state index contributed by atoms with van der Waals surface area (Å²) in [5, 5.41) is 3.00. The molecular formula is C23H32FN3O2. The molecule has 6 heteroatoms. The first kappa shape index (κ1) is 20.3. The standard InChI is InChI=1S/C23H32FN3O2/c1-16-4-5-17(13-21(16)24)14-25-22(28)19-3-2-10-27(15-19)20-8-11-26(12-9-20)23(29)18-6-7-18/h4-5,13,18-20H,2-3,6-12,14-15H2,1H3,(H,25,28). The first-order chi connectivity index (χ1) is 14.0. The number of aryl methyl sites for hydroxylation is 1. The highest BCUT2D eigenvalue weighted by Crippen LogP contribution is 2.32. The van der Waals surface area contributed by atoms with Crippen LogP contribution >= 0.6 is 0 Å². The molecule has 158 valence electrons. The van der Waals surface area contributed by atoms with E-state index >= 15 is 0 Å². The van der Waals surface area contributed by atoms with Gasteiger partial charge in [-0.2, -0.15) is 0 Å². The average molecular weight is 402 g/mol. The Morgan fingerprint density at radius 1 is 1.07 bits per heavy atom. The SMILES string of the molecule is Cc1ccc(CNC(=O)C2CCCN(C3CCN(C(=O)C4CC4)CC3)C2)cc1F. The number of carbonyl (C=O) groups is 2. The van der Waals surface area contributed by atoms with Gasteiger partial charge in [-0.25, -0.2) is 4.39 Å². The highest BCUT2D eigenvalue weighted by atomic mass is 19.1. The Labute approximate surface area is 172 Å². The van der Waals surface area contributed by atoms with Crippen molar-refractivity contribution in [2.45, 2.75) is 58.0 Å². The number of rotatable bonds is 5. The molecule has 1 atom stereocenters. The van der Waals surface area contributed by atoms with Crippen LogP contribution in [0.25, 0.3) is 0 Å². The molecule has 3 aliphatic rings. The van der Waals surface area contributed by atoms with Crippen molar-refractivity contribution in [2.75, 3.05) is 26.2 Å². The lowest BCUT2D eigenvalue weighted by atomic mass is 9.93. The summed E-state index contributed by atoms with van der Waals surface area (Å²) in [6, 6.07) is 5.58. The summed E-state index contributed by atoms with van der Waals surface area (Å²) >= 11 is 0. The molecule has 1 aliphatic carbocycles. The van der Waals surface area contributed by atoms with Crippen molar-refractivity contribution in [1.29, 1.82) is 0 Å². The van der Waals surface area contributed by atoms with Crippen molar-refractivity contribution in [1.82, 2.24) is 15.1 Å². The Bertz CT molecular complexity index is 756. The predicted octanol–water partition coefficient (Wildman–Crippen LogP) is 2.86. The second-order valence-corrected chi connectivity index (χ2v) is 8.97. The number of amides is 2. The van der Waals surface area contributed by atoms with Gasteiger partial charge in [0.05, 0.1) is 5.92 Å². The highest BCUT2D eigenvalue weighted by Gasteiger charge is 2.37. The van der Waals surface area contributed by atoms with Gasteiger partial charge < -0.3 is 10.2 Å². The molecule has 0 bridgehead atoms. The maximum absolute atomic E-state index is 13.7. The van der Waals surface area contributed by atoms with Crippen molar-refractivity contribution in [3.05, 3.63) is 35.1 Å². The summed E-state index contributed by atoms with van der Waals surface area (Å²) in [6.07, 6.45) is 6.08. The third-order valence-corrected chi connectivity index (χ3v) is 6.75. The summed E-state index contributed by atoms with van der Waals surface area (Å²) in [4.78, 5) is 29.4. The van der Waals surface area contributed by atoms with Crippen LogP contribution in [0.5, 0.6) is 0 Å². The van der Waals surface area contributed by atoms with Gasteiger partial charge in [-0.15, -0.1) is 0 Å². The van der Waals surface area contributed by atoms with Crippen molar-refractivity contribution in [3.63, 3.8) is 0 Å². The zero-order valence-corrected chi connectivity index (χ0v) is 17.3. The maximum Gasteiger partial charge on any atom is 0.225 e. The van der Waals surface area contributed by atoms with Gasteiger partial charge in [-0.05, 0) is 69.2 Å². The number of nitrogens with zero attached hydrogens (tertiary/aromatic N) is 2. The topological polar surface area (TPSA) is 52.7 Å². The van der Waals surface area contributed by atoms with Crippen LogP contribution in [0.4, 0.5) is 4.39 Å². The molecule has 1 unspecified atom stereocenters. The largest absolute Gasteiger partial charge is 0.352 e. The maximum atomic E-state index is 13.7. The van der Waals surface area contributed by atoms with Gasteiger partial charge in [0.2, 0.25) is 11.8 Å². The van der Waals surface area contributed by atoms with Crippen LogP contribution < -0.4 is 5.32 Å². The first-order valence-electron chi connectivity index (χ1n) is 11.1. The number of carbonyl (C=O) groups excluding carboxylic acids is 2. The Hall–Kier alpha value is -1.95. The number of hydrogen-bond acceptors (Lipinski definition) is 3. The fraction of sp³-hybridized carbons (Fsp3) is 0.652. The van der Waals surface area contributed by atoms with Crippen LogP contribution in [0, 0.1) is 24.6 Å². The van der Waals surface area contributed by atoms with E-state index in [0.717, 1.165) is 70.3 Å². The monoisotopic (exact) mass is 401 g/mol. The third kappa shape index (κ3) is 4.97. The van der Waals surface area contributed by atoms with Gasteiger partial charge in [0, 0.05) is 38.1 Å². The molecule has 1 saturated carbocycles. The van der Waals surface area contributed by atoms with Crippen LogP contribution in [0.15, 0.2) is 18.2 Å². The molecule has 2 aliphatic heterocycles. The lowest BCUT2D eigenvalue weighted by Crippen LogP contribution is -2.51. The predicted molar refractivity (Wildman–Crippen MR) is 110 cm³/mol. The molecule has 0 spiro atoms. The van der Waals surface area contributed by atoms with Crippen molar-refractivity contribution in [2.24, 2.45) is 11.8 Å². The quantitative estimate of drug-likeness (QED) is 0.826. The summed E-state index contributed by atoms with van der Waals surface area (Å²) in [7, 11) is 0.